The number of ketones is 2. The van der Waals surface area contributed by atoms with Gasteiger partial charge < -0.3 is 29.9 Å². The highest BCUT2D eigenvalue weighted by molar-refractivity contribution is 6.29. The molecule has 1 unspecified atom stereocenters. The first-order chi connectivity index (χ1) is 12.9. The molecule has 0 radical (unpaired) electrons. The summed E-state index contributed by atoms with van der Waals surface area (Å²) in [5.41, 5.74) is 0.334. The number of hydrogen-bond donors (Lipinski definition) is 4. The standard InChI is InChI=1S/C19H16O8/c20-7-12-16(24)17(25)19(26-12)27-18-11(21)6-5-10-13(18)15(23)9-4-2-1-3-8(9)14(10)22/h1-6,12,16-17,19-21,24-25H,7H2/t12-,16-,17+,19?/m1/s1. The maximum Gasteiger partial charge on any atom is 0.229 e. The minimum Gasteiger partial charge on any atom is -0.504 e. The minimum atomic E-state index is -1.51. The van der Waals surface area contributed by atoms with Crippen LogP contribution in [0.15, 0.2) is 36.4 Å². The van der Waals surface area contributed by atoms with E-state index < -0.39 is 48.5 Å². The number of carbonyl (C=O) groups excluding carboxylic acids is 2. The zero-order valence-electron chi connectivity index (χ0n) is 13.9. The smallest absolute Gasteiger partial charge is 0.229 e. The van der Waals surface area contributed by atoms with Gasteiger partial charge in [-0.05, 0) is 12.1 Å². The van der Waals surface area contributed by atoms with Crippen LogP contribution in [0.5, 0.6) is 11.5 Å². The zero-order chi connectivity index (χ0) is 19.3. The number of aliphatic hydroxyl groups excluding tert-OH is 3. The highest BCUT2D eigenvalue weighted by Crippen LogP contribution is 2.40. The van der Waals surface area contributed by atoms with Crippen molar-refractivity contribution in [3.63, 3.8) is 0 Å². The van der Waals surface area contributed by atoms with Gasteiger partial charge in [0.15, 0.2) is 23.1 Å². The van der Waals surface area contributed by atoms with Crippen LogP contribution in [0.25, 0.3) is 0 Å². The van der Waals surface area contributed by atoms with Crippen LogP contribution >= 0.6 is 0 Å². The lowest BCUT2D eigenvalue weighted by Gasteiger charge is -2.23. The van der Waals surface area contributed by atoms with Gasteiger partial charge in [-0.15, -0.1) is 0 Å². The van der Waals surface area contributed by atoms with E-state index in [9.17, 15) is 30.0 Å². The van der Waals surface area contributed by atoms with E-state index in [-0.39, 0.29) is 28.0 Å². The molecule has 1 saturated heterocycles. The molecule has 2 aromatic carbocycles. The Morgan fingerprint density at radius 1 is 0.926 bits per heavy atom. The molecule has 2 aliphatic rings. The van der Waals surface area contributed by atoms with Crippen molar-refractivity contribution in [3.8, 4) is 11.5 Å². The maximum atomic E-state index is 12.9. The molecule has 27 heavy (non-hydrogen) atoms. The van der Waals surface area contributed by atoms with Gasteiger partial charge in [0, 0.05) is 16.7 Å². The Kier molecular flexibility index (Phi) is 4.20. The number of carbonyl (C=O) groups is 2. The fraction of sp³-hybridized carbons (Fsp3) is 0.263. The van der Waals surface area contributed by atoms with Crippen molar-refractivity contribution in [2.24, 2.45) is 0 Å². The van der Waals surface area contributed by atoms with Gasteiger partial charge in [0.05, 0.1) is 12.2 Å². The van der Waals surface area contributed by atoms with Crippen LogP contribution < -0.4 is 4.74 Å². The third-order valence-corrected chi connectivity index (χ3v) is 4.76. The largest absolute Gasteiger partial charge is 0.504 e. The Morgan fingerprint density at radius 2 is 1.59 bits per heavy atom. The second kappa shape index (κ2) is 6.43. The van der Waals surface area contributed by atoms with Crippen molar-refractivity contribution in [1.29, 1.82) is 0 Å². The molecule has 0 amide bonds. The quantitative estimate of drug-likeness (QED) is 0.504. The number of fused-ring (bicyclic) bond motifs is 2. The van der Waals surface area contributed by atoms with E-state index >= 15 is 0 Å². The van der Waals surface area contributed by atoms with Crippen LogP contribution in [0.2, 0.25) is 0 Å². The Bertz CT molecular complexity index is 937. The summed E-state index contributed by atoms with van der Waals surface area (Å²) in [6, 6.07) is 8.83. The van der Waals surface area contributed by atoms with Crippen molar-refractivity contribution >= 4 is 11.6 Å². The number of aliphatic hydroxyl groups is 3. The second-order valence-electron chi connectivity index (χ2n) is 6.36. The molecular formula is C19H16O8. The summed E-state index contributed by atoms with van der Waals surface area (Å²) < 4.78 is 10.7. The Hall–Kier alpha value is -2.78. The molecule has 8 heteroatoms. The van der Waals surface area contributed by atoms with Crippen molar-refractivity contribution in [1.82, 2.24) is 0 Å². The lowest BCUT2D eigenvalue weighted by atomic mass is 9.83. The third-order valence-electron chi connectivity index (χ3n) is 4.76. The minimum absolute atomic E-state index is 0.0539. The molecule has 1 fully saturated rings. The number of phenolic OH excluding ortho intramolecular Hbond substituents is 1. The summed E-state index contributed by atoms with van der Waals surface area (Å²) in [7, 11) is 0. The van der Waals surface area contributed by atoms with Crippen LogP contribution in [0.4, 0.5) is 0 Å². The van der Waals surface area contributed by atoms with Gasteiger partial charge in [-0.25, -0.2) is 0 Å². The SMILES string of the molecule is O=C1c2ccccc2C(=O)c2c1ccc(O)c2OC1O[C@H](CO)[C@@H](O)[C@@H]1O. The van der Waals surface area contributed by atoms with E-state index in [4.69, 9.17) is 9.47 Å². The Balaban J connectivity index is 1.78. The highest BCUT2D eigenvalue weighted by Gasteiger charge is 2.45. The fourth-order valence-electron chi connectivity index (χ4n) is 3.34. The van der Waals surface area contributed by atoms with E-state index in [0.29, 0.717) is 0 Å². The lowest BCUT2D eigenvalue weighted by Crippen LogP contribution is -2.36. The number of ether oxygens (including phenoxy) is 2. The van der Waals surface area contributed by atoms with Gasteiger partial charge in [-0.2, -0.15) is 0 Å². The van der Waals surface area contributed by atoms with Crippen LogP contribution in [0.1, 0.15) is 31.8 Å². The fourth-order valence-corrected chi connectivity index (χ4v) is 3.34. The predicted molar refractivity (Wildman–Crippen MR) is 89.8 cm³/mol. The van der Waals surface area contributed by atoms with Crippen LogP contribution in [0.3, 0.4) is 0 Å². The van der Waals surface area contributed by atoms with Crippen molar-refractivity contribution in [2.45, 2.75) is 24.6 Å². The van der Waals surface area contributed by atoms with Crippen LogP contribution in [-0.4, -0.2) is 63.2 Å². The van der Waals surface area contributed by atoms with Gasteiger partial charge in [-0.3, -0.25) is 9.59 Å². The number of aromatic hydroxyl groups is 1. The summed E-state index contributed by atoms with van der Waals surface area (Å²) in [5, 5.41) is 39.3. The molecule has 0 bridgehead atoms. The van der Waals surface area contributed by atoms with E-state index in [1.54, 1.807) is 12.1 Å². The molecule has 0 aromatic heterocycles. The zero-order valence-corrected chi connectivity index (χ0v) is 13.9. The molecule has 0 spiro atoms. The summed E-state index contributed by atoms with van der Waals surface area (Å²) in [6.45, 7) is -0.554. The monoisotopic (exact) mass is 372 g/mol. The number of hydrogen-bond acceptors (Lipinski definition) is 8. The molecule has 8 nitrogen and oxygen atoms in total. The van der Waals surface area contributed by atoms with Gasteiger partial charge in [-0.1, -0.05) is 24.3 Å². The van der Waals surface area contributed by atoms with Crippen LogP contribution in [-0.2, 0) is 4.74 Å². The van der Waals surface area contributed by atoms with Crippen molar-refractivity contribution in [3.05, 3.63) is 58.7 Å². The first-order valence-electron chi connectivity index (χ1n) is 8.27. The first-order valence-corrected chi connectivity index (χ1v) is 8.27. The third kappa shape index (κ3) is 2.62. The van der Waals surface area contributed by atoms with E-state index in [0.717, 1.165) is 0 Å². The predicted octanol–water partition coefficient (Wildman–Crippen LogP) is -0.0146. The molecular weight excluding hydrogens is 356 g/mol. The molecule has 4 N–H and O–H groups in total. The van der Waals surface area contributed by atoms with Gasteiger partial charge in [0.2, 0.25) is 6.29 Å². The van der Waals surface area contributed by atoms with Crippen molar-refractivity contribution < 1.29 is 39.5 Å². The molecule has 4 rings (SSSR count). The molecule has 4 atom stereocenters. The van der Waals surface area contributed by atoms with E-state index in [2.05, 4.69) is 0 Å². The Labute approximate surface area is 153 Å². The van der Waals surface area contributed by atoms with Gasteiger partial charge >= 0.3 is 0 Å². The molecule has 1 aliphatic heterocycles. The summed E-state index contributed by atoms with van der Waals surface area (Å²) >= 11 is 0. The topological polar surface area (TPSA) is 134 Å². The highest BCUT2D eigenvalue weighted by atomic mass is 16.7. The lowest BCUT2D eigenvalue weighted by molar-refractivity contribution is -0.117. The molecule has 1 aliphatic carbocycles. The van der Waals surface area contributed by atoms with Crippen LogP contribution in [0, 0.1) is 0 Å². The Morgan fingerprint density at radius 3 is 2.22 bits per heavy atom. The van der Waals surface area contributed by atoms with E-state index in [1.165, 1.54) is 24.3 Å². The summed E-state index contributed by atoms with van der Waals surface area (Å²) in [4.78, 5) is 25.7. The van der Waals surface area contributed by atoms with E-state index in [1.807, 2.05) is 0 Å². The number of phenols is 1. The second-order valence-corrected chi connectivity index (χ2v) is 6.36. The summed E-state index contributed by atoms with van der Waals surface area (Å²) in [6.07, 6.45) is -5.43. The average Bonchev–Trinajstić information content (AvgIpc) is 2.95. The molecule has 1 heterocycles. The molecule has 2 aromatic rings. The first kappa shape index (κ1) is 17.6. The van der Waals surface area contributed by atoms with Crippen molar-refractivity contribution in [2.75, 3.05) is 6.61 Å². The average molecular weight is 372 g/mol. The summed E-state index contributed by atoms with van der Waals surface area (Å²) in [5.74, 6) is -1.66. The molecule has 140 valence electrons. The number of benzene rings is 2. The van der Waals surface area contributed by atoms with Gasteiger partial charge in [0.1, 0.15) is 18.3 Å². The molecule has 0 saturated carbocycles. The number of rotatable bonds is 3. The maximum absolute atomic E-state index is 12.9. The van der Waals surface area contributed by atoms with Gasteiger partial charge in [0.25, 0.3) is 0 Å². The normalized spacial score (nSPS) is 26.6.